The molecule has 1 atom stereocenters. The molecule has 0 radical (unpaired) electrons. The number of hydrogen-bond acceptors (Lipinski definition) is 9. The molecule has 4 aromatic rings. The van der Waals surface area contributed by atoms with Crippen molar-refractivity contribution >= 4 is 56.9 Å². The molecule has 1 unspecified atom stereocenters. The first-order valence-electron chi connectivity index (χ1n) is 9.99. The van der Waals surface area contributed by atoms with Gasteiger partial charge >= 0.3 is 0 Å². The fourth-order valence-corrected chi connectivity index (χ4v) is 6.35. The van der Waals surface area contributed by atoms with Crippen LogP contribution in [0, 0.1) is 6.92 Å². The number of aryl methyl sites for hydroxylation is 1. The van der Waals surface area contributed by atoms with Crippen LogP contribution in [0.15, 0.2) is 44.8 Å². The van der Waals surface area contributed by atoms with E-state index in [-0.39, 0.29) is 23.9 Å². The first-order valence-corrected chi connectivity index (χ1v) is 12.8. The summed E-state index contributed by atoms with van der Waals surface area (Å²) in [6.07, 6.45) is 1.71. The molecule has 4 heterocycles. The first kappa shape index (κ1) is 21.2. The van der Waals surface area contributed by atoms with Gasteiger partial charge < -0.3 is 5.32 Å². The lowest BCUT2D eigenvalue weighted by molar-refractivity contribution is -0.116. The maximum Gasteiger partial charge on any atom is 0.265 e. The van der Waals surface area contributed by atoms with Crippen LogP contribution in [0.1, 0.15) is 24.9 Å². The third kappa shape index (κ3) is 3.93. The first-order chi connectivity index (χ1) is 15.5. The van der Waals surface area contributed by atoms with Crippen LogP contribution in [-0.2, 0) is 4.79 Å². The zero-order valence-corrected chi connectivity index (χ0v) is 19.8. The predicted molar refractivity (Wildman–Crippen MR) is 127 cm³/mol. The maximum absolute atomic E-state index is 13.3. The highest BCUT2D eigenvalue weighted by Gasteiger charge is 2.30. The molecule has 1 aliphatic heterocycles. The van der Waals surface area contributed by atoms with E-state index in [1.807, 2.05) is 38.1 Å². The van der Waals surface area contributed by atoms with Crippen LogP contribution in [0.2, 0.25) is 0 Å². The van der Waals surface area contributed by atoms with E-state index in [9.17, 15) is 9.59 Å². The van der Waals surface area contributed by atoms with Crippen molar-refractivity contribution < 1.29 is 4.79 Å². The highest BCUT2D eigenvalue weighted by atomic mass is 32.2. The highest BCUT2D eigenvalue weighted by Crippen LogP contribution is 2.34. The number of nitrogens with one attached hydrogen (secondary N) is 1. The van der Waals surface area contributed by atoms with Crippen molar-refractivity contribution in [2.24, 2.45) is 0 Å². The summed E-state index contributed by atoms with van der Waals surface area (Å²) in [7, 11) is 0. The molecular formula is C20H19N7O2S3. The molecule has 0 fully saturated rings. The van der Waals surface area contributed by atoms with Gasteiger partial charge in [0.15, 0.2) is 15.1 Å². The largest absolute Gasteiger partial charge is 0.300 e. The Morgan fingerprint density at radius 3 is 3.03 bits per heavy atom. The second-order valence-electron chi connectivity index (χ2n) is 7.23. The van der Waals surface area contributed by atoms with Crippen molar-refractivity contribution in [3.05, 3.63) is 46.4 Å². The smallest absolute Gasteiger partial charge is 0.265 e. The van der Waals surface area contributed by atoms with Crippen molar-refractivity contribution in [2.75, 3.05) is 16.8 Å². The van der Waals surface area contributed by atoms with Gasteiger partial charge in [0.25, 0.3) is 5.56 Å². The van der Waals surface area contributed by atoms with Crippen LogP contribution in [-0.4, -0.2) is 46.9 Å². The monoisotopic (exact) mass is 485 g/mol. The summed E-state index contributed by atoms with van der Waals surface area (Å²) in [5.74, 6) is 1.30. The third-order valence-electron chi connectivity index (χ3n) is 4.96. The lowest BCUT2D eigenvalue weighted by atomic mass is 10.2. The molecule has 1 aromatic carbocycles. The second-order valence-corrected chi connectivity index (χ2v) is 10.7. The molecule has 3 aromatic heterocycles. The summed E-state index contributed by atoms with van der Waals surface area (Å²) >= 11 is 4.40. The van der Waals surface area contributed by atoms with E-state index in [0.29, 0.717) is 27.1 Å². The zero-order valence-electron chi connectivity index (χ0n) is 17.3. The van der Waals surface area contributed by atoms with Gasteiger partial charge in [0.2, 0.25) is 11.0 Å². The Bertz CT molecular complexity index is 1380. The summed E-state index contributed by atoms with van der Waals surface area (Å²) < 4.78 is 4.12. The van der Waals surface area contributed by atoms with Gasteiger partial charge in [-0.3, -0.25) is 14.2 Å². The standard InChI is InChI=1S/C20H19N7O2S3/c1-3-30-20-25-24-18(32-20)22-15(28)8-13-10-31-19-23-16-14(17(29)26(13)19)9-21-27(16)12-6-4-5-11(2)7-12/h4-7,9,13H,3,8,10H2,1-2H3,(H,22,24,28). The van der Waals surface area contributed by atoms with Gasteiger partial charge in [-0.1, -0.05) is 53.9 Å². The Balaban J connectivity index is 1.40. The summed E-state index contributed by atoms with van der Waals surface area (Å²) in [6, 6.07) is 7.61. The van der Waals surface area contributed by atoms with Gasteiger partial charge in [-0.2, -0.15) is 5.10 Å². The molecule has 1 amide bonds. The average molecular weight is 486 g/mol. The van der Waals surface area contributed by atoms with Gasteiger partial charge in [0.1, 0.15) is 5.39 Å². The number of amides is 1. The van der Waals surface area contributed by atoms with Gasteiger partial charge in [-0.05, 0) is 30.4 Å². The minimum Gasteiger partial charge on any atom is -0.300 e. The molecule has 1 N–H and O–H groups in total. The Labute approximate surface area is 195 Å². The average Bonchev–Trinajstić information content (AvgIpc) is 3.48. The number of benzene rings is 1. The normalized spacial score (nSPS) is 15.2. The molecule has 0 spiro atoms. The number of carbonyl (C=O) groups excluding carboxylic acids is 1. The van der Waals surface area contributed by atoms with E-state index >= 15 is 0 Å². The molecule has 5 rings (SSSR count). The molecule has 0 bridgehead atoms. The minimum atomic E-state index is -0.279. The van der Waals surface area contributed by atoms with Gasteiger partial charge in [-0.25, -0.2) is 9.67 Å². The van der Waals surface area contributed by atoms with Crippen LogP contribution in [0.3, 0.4) is 0 Å². The van der Waals surface area contributed by atoms with Crippen molar-refractivity contribution in [1.82, 2.24) is 29.5 Å². The fraction of sp³-hybridized carbons (Fsp3) is 0.300. The minimum absolute atomic E-state index is 0.162. The topological polar surface area (TPSA) is 108 Å². The Morgan fingerprint density at radius 2 is 2.22 bits per heavy atom. The zero-order chi connectivity index (χ0) is 22.2. The second kappa shape index (κ2) is 8.68. The molecule has 0 saturated carbocycles. The Hall–Kier alpha value is -2.70. The summed E-state index contributed by atoms with van der Waals surface area (Å²) in [6.45, 7) is 4.04. The lowest BCUT2D eigenvalue weighted by Gasteiger charge is -2.12. The van der Waals surface area contributed by atoms with Crippen LogP contribution >= 0.6 is 34.9 Å². The van der Waals surface area contributed by atoms with Gasteiger partial charge in [-0.15, -0.1) is 10.2 Å². The van der Waals surface area contributed by atoms with Crippen molar-refractivity contribution in [3.63, 3.8) is 0 Å². The molecule has 32 heavy (non-hydrogen) atoms. The number of anilines is 1. The lowest BCUT2D eigenvalue weighted by Crippen LogP contribution is -2.27. The van der Waals surface area contributed by atoms with Crippen LogP contribution < -0.4 is 10.9 Å². The van der Waals surface area contributed by atoms with Gasteiger partial charge in [0, 0.05) is 12.2 Å². The molecule has 12 heteroatoms. The molecule has 1 aliphatic rings. The Kier molecular flexibility index (Phi) is 5.74. The SMILES string of the molecule is CCSc1nnc(NC(=O)CC2CSc3nc4c(cnn4-c4cccc(C)c4)c(=O)n32)s1. The number of thioether (sulfide) groups is 2. The molecule has 0 saturated heterocycles. The van der Waals surface area contributed by atoms with E-state index in [1.165, 1.54) is 23.1 Å². The quantitative estimate of drug-likeness (QED) is 0.251. The number of fused-ring (bicyclic) bond motifs is 2. The molecular weight excluding hydrogens is 466 g/mol. The molecule has 0 aliphatic carbocycles. The summed E-state index contributed by atoms with van der Waals surface area (Å²) in [4.78, 5) is 30.6. The van der Waals surface area contributed by atoms with Gasteiger partial charge in [0.05, 0.1) is 17.9 Å². The number of nitrogens with zero attached hydrogens (tertiary/aromatic N) is 6. The van der Waals surface area contributed by atoms with Crippen LogP contribution in [0.5, 0.6) is 0 Å². The number of aromatic nitrogens is 6. The molecule has 9 nitrogen and oxygen atoms in total. The summed E-state index contributed by atoms with van der Waals surface area (Å²) in [5, 5.41) is 16.8. The van der Waals surface area contributed by atoms with Crippen molar-refractivity contribution in [1.29, 1.82) is 0 Å². The molecule has 164 valence electrons. The Morgan fingerprint density at radius 1 is 1.34 bits per heavy atom. The van der Waals surface area contributed by atoms with E-state index < -0.39 is 0 Å². The number of rotatable bonds is 6. The van der Waals surface area contributed by atoms with E-state index in [1.54, 1.807) is 27.2 Å². The predicted octanol–water partition coefficient (Wildman–Crippen LogP) is 3.53. The third-order valence-corrected chi connectivity index (χ3v) is 7.91. The van der Waals surface area contributed by atoms with Crippen molar-refractivity contribution in [3.8, 4) is 5.69 Å². The maximum atomic E-state index is 13.3. The summed E-state index contributed by atoms with van der Waals surface area (Å²) in [5.41, 5.74) is 2.30. The van der Waals surface area contributed by atoms with Crippen molar-refractivity contribution in [2.45, 2.75) is 35.8 Å². The van der Waals surface area contributed by atoms with E-state index in [4.69, 9.17) is 4.98 Å². The van der Waals surface area contributed by atoms with E-state index in [0.717, 1.165) is 21.3 Å². The number of carbonyl (C=O) groups is 1. The highest BCUT2D eigenvalue weighted by molar-refractivity contribution is 8.01. The van der Waals surface area contributed by atoms with Crippen LogP contribution in [0.4, 0.5) is 5.13 Å². The number of hydrogen-bond donors (Lipinski definition) is 1. The van der Waals surface area contributed by atoms with Crippen LogP contribution in [0.25, 0.3) is 16.7 Å². The van der Waals surface area contributed by atoms with E-state index in [2.05, 4.69) is 20.6 Å². The fourth-order valence-electron chi connectivity index (χ4n) is 3.56.